The Labute approximate surface area is 226 Å². The summed E-state index contributed by atoms with van der Waals surface area (Å²) in [6, 6.07) is 9.94. The summed E-state index contributed by atoms with van der Waals surface area (Å²) >= 11 is 0. The van der Waals surface area contributed by atoms with Crippen LogP contribution >= 0.6 is 0 Å². The highest BCUT2D eigenvalue weighted by atomic mass is 16.5. The minimum Gasteiger partial charge on any atom is -0.504 e. The molecule has 2 aromatic carbocycles. The van der Waals surface area contributed by atoms with Gasteiger partial charge in [0.25, 0.3) is 0 Å². The lowest BCUT2D eigenvalue weighted by atomic mass is 9.75. The van der Waals surface area contributed by atoms with Crippen molar-refractivity contribution in [3.8, 4) is 0 Å². The molecule has 12 nitrogen and oxygen atoms in total. The number of hydrogen-bond donors (Lipinski definition) is 4. The lowest BCUT2D eigenvalue weighted by molar-refractivity contribution is -0.142. The summed E-state index contributed by atoms with van der Waals surface area (Å²) in [5.74, 6) is -11.4. The highest BCUT2D eigenvalue weighted by molar-refractivity contribution is 6.24. The third kappa shape index (κ3) is 5.90. The van der Waals surface area contributed by atoms with Crippen molar-refractivity contribution in [2.24, 2.45) is 0 Å². The summed E-state index contributed by atoms with van der Waals surface area (Å²) in [7, 11) is 2.16. The first-order valence-corrected chi connectivity index (χ1v) is 11.7. The lowest BCUT2D eigenvalue weighted by Gasteiger charge is -2.27. The predicted octanol–water partition coefficient (Wildman–Crippen LogP) is 2.85. The van der Waals surface area contributed by atoms with Crippen molar-refractivity contribution in [2.45, 2.75) is 24.7 Å². The summed E-state index contributed by atoms with van der Waals surface area (Å²) in [5.41, 5.74) is -1.12. The number of carboxylic acid groups (broad SMARTS) is 2. The van der Waals surface area contributed by atoms with Crippen molar-refractivity contribution in [1.29, 1.82) is 0 Å². The molecule has 0 bridgehead atoms. The van der Waals surface area contributed by atoms with Gasteiger partial charge in [-0.15, -0.1) is 0 Å². The number of ketones is 2. The van der Waals surface area contributed by atoms with E-state index in [2.05, 4.69) is 9.47 Å². The van der Waals surface area contributed by atoms with E-state index in [0.717, 1.165) is 14.2 Å². The molecule has 2 atom stereocenters. The van der Waals surface area contributed by atoms with Gasteiger partial charge in [0.15, 0.2) is 11.5 Å². The number of ether oxygens (including phenoxy) is 2. The second kappa shape index (κ2) is 12.1. The van der Waals surface area contributed by atoms with Crippen molar-refractivity contribution in [3.05, 3.63) is 93.4 Å². The molecular weight excluding hydrogens is 528 g/mol. The standard InChI is InChI=1S/C28H24O12/c1-39-19(29)11-17(13-3-7-15(8-4-13)27(35)36)21-23(31)25(33)22(26(34)24(21)32)18(12-20(30)40-2)14-5-9-16(10-6-14)28(37)38/h3-10,17-18,31,34H,11-12H2,1-2H3,(H,35,36)(H,37,38). The molecular formula is C28H24O12. The first-order valence-electron chi connectivity index (χ1n) is 11.7. The molecule has 4 N–H and O–H groups in total. The van der Waals surface area contributed by atoms with Crippen molar-refractivity contribution in [3.63, 3.8) is 0 Å². The molecule has 0 heterocycles. The average molecular weight is 552 g/mol. The highest BCUT2D eigenvalue weighted by Gasteiger charge is 2.43. The molecule has 0 aliphatic heterocycles. The number of carboxylic acids is 2. The molecule has 0 amide bonds. The highest BCUT2D eigenvalue weighted by Crippen LogP contribution is 2.41. The van der Waals surface area contributed by atoms with Crippen LogP contribution in [0.5, 0.6) is 0 Å². The molecule has 40 heavy (non-hydrogen) atoms. The summed E-state index contributed by atoms with van der Waals surface area (Å²) in [6.45, 7) is 0. The first kappa shape index (κ1) is 29.3. The zero-order valence-corrected chi connectivity index (χ0v) is 21.2. The number of allylic oxidation sites excluding steroid dienone is 2. The molecule has 1 aliphatic rings. The van der Waals surface area contributed by atoms with E-state index in [0.29, 0.717) is 0 Å². The van der Waals surface area contributed by atoms with Crippen molar-refractivity contribution in [1.82, 2.24) is 0 Å². The van der Waals surface area contributed by atoms with E-state index in [9.17, 15) is 49.2 Å². The Balaban J connectivity index is 2.14. The Morgan fingerprint density at radius 3 is 1.18 bits per heavy atom. The van der Waals surface area contributed by atoms with E-state index in [1.165, 1.54) is 48.5 Å². The smallest absolute Gasteiger partial charge is 0.335 e. The normalized spacial score (nSPS) is 14.9. The summed E-state index contributed by atoms with van der Waals surface area (Å²) < 4.78 is 9.36. The maximum Gasteiger partial charge on any atom is 0.335 e. The lowest BCUT2D eigenvalue weighted by Crippen LogP contribution is -2.31. The fourth-order valence-electron chi connectivity index (χ4n) is 4.35. The number of methoxy groups -OCH3 is 2. The Morgan fingerprint density at radius 1 is 0.625 bits per heavy atom. The molecule has 0 saturated carbocycles. The topological polar surface area (TPSA) is 202 Å². The van der Waals surface area contributed by atoms with Gasteiger partial charge in [0.1, 0.15) is 0 Å². The van der Waals surface area contributed by atoms with Gasteiger partial charge >= 0.3 is 23.9 Å². The van der Waals surface area contributed by atoms with Gasteiger partial charge < -0.3 is 29.9 Å². The third-order valence-electron chi connectivity index (χ3n) is 6.44. The van der Waals surface area contributed by atoms with Gasteiger partial charge in [0, 0.05) is 11.8 Å². The van der Waals surface area contributed by atoms with Crippen LogP contribution in [0.15, 0.2) is 71.2 Å². The van der Waals surface area contributed by atoms with Gasteiger partial charge in [-0.25, -0.2) is 9.59 Å². The fourth-order valence-corrected chi connectivity index (χ4v) is 4.35. The SMILES string of the molecule is COC(=O)CC(C1=C(O)C(=O)C(C(CC(=O)OC)c2ccc(C(=O)O)cc2)=C(O)C1=O)c1ccc(C(=O)O)cc1. The van der Waals surface area contributed by atoms with Gasteiger partial charge in [-0.2, -0.15) is 0 Å². The summed E-state index contributed by atoms with van der Waals surface area (Å²) in [4.78, 5) is 73.8. The van der Waals surface area contributed by atoms with Gasteiger partial charge in [-0.1, -0.05) is 24.3 Å². The van der Waals surface area contributed by atoms with Gasteiger partial charge in [0.2, 0.25) is 11.6 Å². The van der Waals surface area contributed by atoms with Gasteiger partial charge in [0.05, 0.1) is 49.3 Å². The molecule has 0 spiro atoms. The second-order valence-electron chi connectivity index (χ2n) is 8.70. The van der Waals surface area contributed by atoms with Gasteiger partial charge in [-0.05, 0) is 35.4 Å². The molecule has 0 fully saturated rings. The Hall–Kier alpha value is -5.26. The molecule has 3 rings (SSSR count). The molecule has 0 aromatic heterocycles. The van der Waals surface area contributed by atoms with E-state index in [-0.39, 0.29) is 22.3 Å². The fraction of sp³-hybridized carbons (Fsp3) is 0.214. The number of rotatable bonds is 10. The molecule has 208 valence electrons. The summed E-state index contributed by atoms with van der Waals surface area (Å²) in [6.07, 6.45) is -1.10. The molecule has 2 aromatic rings. The maximum absolute atomic E-state index is 13.5. The molecule has 2 unspecified atom stereocenters. The second-order valence-corrected chi connectivity index (χ2v) is 8.70. The Morgan fingerprint density at radius 2 is 0.925 bits per heavy atom. The number of Topliss-reactive ketones (excluding diaryl/α,β-unsaturated/α-hetero) is 2. The number of aliphatic hydroxyl groups is 2. The number of carbonyl (C=O) groups is 6. The van der Waals surface area contributed by atoms with Gasteiger partial charge in [-0.3, -0.25) is 19.2 Å². The monoisotopic (exact) mass is 552 g/mol. The van der Waals surface area contributed by atoms with E-state index < -0.39 is 82.8 Å². The maximum atomic E-state index is 13.5. The predicted molar refractivity (Wildman–Crippen MR) is 135 cm³/mol. The Bertz CT molecular complexity index is 1330. The average Bonchev–Trinajstić information content (AvgIpc) is 2.95. The number of esters is 2. The Kier molecular flexibility index (Phi) is 8.84. The quantitative estimate of drug-likeness (QED) is 0.248. The molecule has 12 heteroatoms. The minimum absolute atomic E-state index is 0.102. The van der Waals surface area contributed by atoms with Crippen molar-refractivity contribution >= 4 is 35.4 Å². The summed E-state index contributed by atoms with van der Waals surface area (Å²) in [5, 5.41) is 40.3. The minimum atomic E-state index is -1.32. The van der Waals surface area contributed by atoms with Crippen LogP contribution in [0.3, 0.4) is 0 Å². The van der Waals surface area contributed by atoms with Crippen LogP contribution in [0.2, 0.25) is 0 Å². The van der Waals surface area contributed by atoms with Crippen LogP contribution in [0.25, 0.3) is 0 Å². The number of aliphatic hydroxyl groups excluding tert-OH is 2. The van der Waals surface area contributed by atoms with E-state index in [1.54, 1.807) is 0 Å². The van der Waals surface area contributed by atoms with Crippen LogP contribution < -0.4 is 0 Å². The van der Waals surface area contributed by atoms with E-state index in [4.69, 9.17) is 0 Å². The zero-order valence-electron chi connectivity index (χ0n) is 21.2. The largest absolute Gasteiger partial charge is 0.504 e. The molecule has 0 radical (unpaired) electrons. The van der Waals surface area contributed by atoms with Crippen LogP contribution in [-0.4, -0.2) is 70.1 Å². The zero-order chi connectivity index (χ0) is 29.7. The number of aromatic carboxylic acids is 2. The van der Waals surface area contributed by atoms with Crippen LogP contribution in [0.4, 0.5) is 0 Å². The number of benzene rings is 2. The van der Waals surface area contributed by atoms with Crippen LogP contribution in [0, 0.1) is 0 Å². The van der Waals surface area contributed by atoms with E-state index >= 15 is 0 Å². The van der Waals surface area contributed by atoms with Crippen LogP contribution in [0.1, 0.15) is 56.5 Å². The first-order chi connectivity index (χ1) is 18.9. The molecule has 0 saturated heterocycles. The molecule has 1 aliphatic carbocycles. The van der Waals surface area contributed by atoms with Crippen molar-refractivity contribution < 1.29 is 58.7 Å². The van der Waals surface area contributed by atoms with Crippen LogP contribution in [-0.2, 0) is 28.7 Å². The number of carbonyl (C=O) groups excluding carboxylic acids is 4. The number of hydrogen-bond acceptors (Lipinski definition) is 10. The van der Waals surface area contributed by atoms with E-state index in [1.807, 2.05) is 0 Å². The third-order valence-corrected chi connectivity index (χ3v) is 6.44. The van der Waals surface area contributed by atoms with Crippen molar-refractivity contribution in [2.75, 3.05) is 14.2 Å².